The molecule has 0 rings (SSSR count). The summed E-state index contributed by atoms with van der Waals surface area (Å²) in [6.07, 6.45) is 81.9. The fourth-order valence-electron chi connectivity index (χ4n) is 7.84. The van der Waals surface area contributed by atoms with E-state index in [-0.39, 0.29) is 44.0 Å². The van der Waals surface area contributed by atoms with Gasteiger partial charge in [-0.25, -0.2) is 0 Å². The first kappa shape index (κ1) is 67.8. The summed E-state index contributed by atoms with van der Waals surface area (Å²) < 4.78 is 16.8. The lowest BCUT2D eigenvalue weighted by Crippen LogP contribution is -2.30. The average Bonchev–Trinajstić information content (AvgIpc) is 3.38. The van der Waals surface area contributed by atoms with E-state index >= 15 is 0 Å². The third kappa shape index (κ3) is 56.7. The van der Waals surface area contributed by atoms with Crippen LogP contribution in [0.3, 0.4) is 0 Å². The van der Waals surface area contributed by atoms with E-state index in [0.29, 0.717) is 12.8 Å². The van der Waals surface area contributed by atoms with Gasteiger partial charge in [0.05, 0.1) is 0 Å². The molecular weight excluding hydrogens is 889 g/mol. The van der Waals surface area contributed by atoms with Gasteiger partial charge in [0.1, 0.15) is 13.2 Å². The van der Waals surface area contributed by atoms with Gasteiger partial charge in [-0.15, -0.1) is 0 Å². The number of esters is 3. The van der Waals surface area contributed by atoms with Crippen molar-refractivity contribution in [3.05, 3.63) is 122 Å². The van der Waals surface area contributed by atoms with E-state index in [4.69, 9.17) is 14.2 Å². The maximum atomic E-state index is 12.9. The molecule has 0 aromatic carbocycles. The minimum atomic E-state index is -0.820. The Hall–Kier alpha value is -4.19. The quantitative estimate of drug-likeness (QED) is 0.0199. The molecule has 0 aliphatic rings. The smallest absolute Gasteiger partial charge is 0.306 e. The highest BCUT2D eigenvalue weighted by molar-refractivity contribution is 5.71. The van der Waals surface area contributed by atoms with Crippen LogP contribution in [0.4, 0.5) is 0 Å². The van der Waals surface area contributed by atoms with Crippen molar-refractivity contribution in [3.63, 3.8) is 0 Å². The molecule has 0 N–H and O–H groups in total. The van der Waals surface area contributed by atoms with Crippen molar-refractivity contribution in [3.8, 4) is 0 Å². The summed E-state index contributed by atoms with van der Waals surface area (Å²) in [6.45, 7) is 6.42. The molecule has 0 amide bonds. The van der Waals surface area contributed by atoms with E-state index in [1.54, 1.807) is 0 Å². The van der Waals surface area contributed by atoms with E-state index < -0.39 is 6.10 Å². The molecule has 6 nitrogen and oxygen atoms in total. The largest absolute Gasteiger partial charge is 0.462 e. The van der Waals surface area contributed by atoms with Crippen LogP contribution in [0.15, 0.2) is 122 Å². The SMILES string of the molecule is CC/C=C\C/C=C\C/C=C\C/C=C\C/C=C\CCCC(=O)OCC(COC(=O)CCCCCCCCC/C=C\CCCCCCCCCC)OC(=O)CCCCCCC\C=C/C=C\C=C/C=C\CCCCC. The minimum Gasteiger partial charge on any atom is -0.462 e. The number of carbonyl (C=O) groups is 3. The van der Waals surface area contributed by atoms with E-state index in [1.807, 2.05) is 0 Å². The Labute approximate surface area is 443 Å². The Balaban J connectivity index is 4.53. The summed E-state index contributed by atoms with van der Waals surface area (Å²) in [7, 11) is 0. The second-order valence-corrected chi connectivity index (χ2v) is 19.3. The van der Waals surface area contributed by atoms with Crippen molar-refractivity contribution in [2.45, 2.75) is 264 Å². The summed E-state index contributed by atoms with van der Waals surface area (Å²) in [6, 6.07) is 0. The maximum absolute atomic E-state index is 12.9. The standard InChI is InChI=1S/C66H108O6/c1-4-7-10-13-16-19-22-25-28-31-33-36-38-41-44-47-50-53-56-59-65(68)71-62-63(61-70-64(67)58-55-52-49-46-43-40-37-34-30-27-24-21-18-15-12-9-6-3)72-66(69)60-57-54-51-48-45-42-39-35-32-29-26-23-20-17-14-11-8-5-2/h9,12,17-18,20-21,23,26-27,29-33,35,37,39-40,46,49,63H,4-8,10-11,13-16,19,22,24-25,28,34,36,38,41-45,47-48,50-62H2,1-3H3/b12-9-,20-17-,21-18-,26-23-,30-27-,32-29-,33-31-,39-35-,40-37-,49-46-. The molecule has 0 spiro atoms. The zero-order valence-electron chi connectivity index (χ0n) is 46.7. The van der Waals surface area contributed by atoms with E-state index in [9.17, 15) is 14.4 Å². The van der Waals surface area contributed by atoms with Crippen LogP contribution in [0.2, 0.25) is 0 Å². The van der Waals surface area contributed by atoms with Gasteiger partial charge in [0.15, 0.2) is 6.10 Å². The van der Waals surface area contributed by atoms with Gasteiger partial charge in [-0.05, 0) is 109 Å². The Morgan fingerprint density at radius 1 is 0.306 bits per heavy atom. The molecule has 0 fully saturated rings. The normalized spacial score (nSPS) is 13.0. The average molecular weight is 998 g/mol. The molecule has 0 aliphatic heterocycles. The molecule has 1 unspecified atom stereocenters. The third-order valence-electron chi connectivity index (χ3n) is 12.3. The number of ether oxygens (including phenoxy) is 3. The van der Waals surface area contributed by atoms with Crippen LogP contribution < -0.4 is 0 Å². The second-order valence-electron chi connectivity index (χ2n) is 19.3. The molecule has 0 aliphatic carbocycles. The van der Waals surface area contributed by atoms with Crippen LogP contribution in [0, 0.1) is 0 Å². The predicted octanol–water partition coefficient (Wildman–Crippen LogP) is 20.0. The fourth-order valence-corrected chi connectivity index (χ4v) is 7.84. The van der Waals surface area contributed by atoms with Crippen LogP contribution in [-0.2, 0) is 28.6 Å². The van der Waals surface area contributed by atoms with Crippen molar-refractivity contribution in [1.82, 2.24) is 0 Å². The highest BCUT2D eigenvalue weighted by Gasteiger charge is 2.19. The van der Waals surface area contributed by atoms with Crippen LogP contribution in [-0.4, -0.2) is 37.2 Å². The Morgan fingerprint density at radius 2 is 0.611 bits per heavy atom. The first-order valence-corrected chi connectivity index (χ1v) is 29.6. The van der Waals surface area contributed by atoms with Crippen LogP contribution in [0.25, 0.3) is 0 Å². The first-order valence-electron chi connectivity index (χ1n) is 29.6. The van der Waals surface area contributed by atoms with Crippen molar-refractivity contribution < 1.29 is 28.6 Å². The Kier molecular flexibility index (Phi) is 55.9. The molecule has 0 heterocycles. The van der Waals surface area contributed by atoms with Crippen LogP contribution in [0.1, 0.15) is 258 Å². The zero-order chi connectivity index (χ0) is 52.2. The lowest BCUT2D eigenvalue weighted by molar-refractivity contribution is -0.167. The molecule has 6 heteroatoms. The Morgan fingerprint density at radius 3 is 1.07 bits per heavy atom. The monoisotopic (exact) mass is 997 g/mol. The van der Waals surface area contributed by atoms with Gasteiger partial charge in [0.25, 0.3) is 0 Å². The summed E-state index contributed by atoms with van der Waals surface area (Å²) >= 11 is 0. The van der Waals surface area contributed by atoms with Crippen molar-refractivity contribution in [2.24, 2.45) is 0 Å². The predicted molar refractivity (Wildman–Crippen MR) is 311 cm³/mol. The second kappa shape index (κ2) is 59.4. The molecule has 0 bridgehead atoms. The first-order chi connectivity index (χ1) is 35.5. The molecule has 408 valence electrons. The number of carbonyl (C=O) groups excluding carboxylic acids is 3. The van der Waals surface area contributed by atoms with E-state index in [0.717, 1.165) is 103 Å². The lowest BCUT2D eigenvalue weighted by atomic mass is 10.1. The molecule has 1 atom stereocenters. The zero-order valence-corrected chi connectivity index (χ0v) is 46.7. The molecule has 0 aromatic rings. The van der Waals surface area contributed by atoms with Gasteiger partial charge in [0, 0.05) is 19.3 Å². The molecule has 72 heavy (non-hydrogen) atoms. The molecule has 0 saturated carbocycles. The third-order valence-corrected chi connectivity index (χ3v) is 12.3. The van der Waals surface area contributed by atoms with Gasteiger partial charge in [-0.3, -0.25) is 14.4 Å². The van der Waals surface area contributed by atoms with Crippen molar-refractivity contribution >= 4 is 17.9 Å². The fraction of sp³-hybridized carbons (Fsp3) is 0.652. The highest BCUT2D eigenvalue weighted by Crippen LogP contribution is 2.14. The number of hydrogen-bond donors (Lipinski definition) is 0. The minimum absolute atomic E-state index is 0.110. The molecular formula is C66H108O6. The summed E-state index contributed by atoms with van der Waals surface area (Å²) in [5.74, 6) is -0.998. The summed E-state index contributed by atoms with van der Waals surface area (Å²) in [5, 5.41) is 0. The van der Waals surface area contributed by atoms with Crippen molar-refractivity contribution in [2.75, 3.05) is 13.2 Å². The number of hydrogen-bond acceptors (Lipinski definition) is 6. The van der Waals surface area contributed by atoms with Gasteiger partial charge in [-0.1, -0.05) is 251 Å². The maximum Gasteiger partial charge on any atom is 0.306 e. The molecule has 0 aromatic heterocycles. The Bertz CT molecular complexity index is 1520. The van der Waals surface area contributed by atoms with Crippen molar-refractivity contribution in [1.29, 1.82) is 0 Å². The number of allylic oxidation sites excluding steroid dienone is 20. The van der Waals surface area contributed by atoms with E-state index in [2.05, 4.69) is 142 Å². The lowest BCUT2D eigenvalue weighted by Gasteiger charge is -2.18. The topological polar surface area (TPSA) is 78.9 Å². The number of unbranched alkanes of at least 4 members (excludes halogenated alkanes) is 24. The van der Waals surface area contributed by atoms with E-state index in [1.165, 1.54) is 109 Å². The van der Waals surface area contributed by atoms with Crippen LogP contribution in [0.5, 0.6) is 0 Å². The van der Waals surface area contributed by atoms with Gasteiger partial charge < -0.3 is 14.2 Å². The number of rotatable bonds is 52. The molecule has 0 radical (unpaired) electrons. The van der Waals surface area contributed by atoms with Gasteiger partial charge in [0.2, 0.25) is 0 Å². The van der Waals surface area contributed by atoms with Gasteiger partial charge >= 0.3 is 17.9 Å². The molecule has 0 saturated heterocycles. The summed E-state index contributed by atoms with van der Waals surface area (Å²) in [5.41, 5.74) is 0. The highest BCUT2D eigenvalue weighted by atomic mass is 16.6. The van der Waals surface area contributed by atoms with Crippen LogP contribution >= 0.6 is 0 Å². The van der Waals surface area contributed by atoms with Gasteiger partial charge in [-0.2, -0.15) is 0 Å². The summed E-state index contributed by atoms with van der Waals surface area (Å²) in [4.78, 5) is 38.2.